The van der Waals surface area contributed by atoms with Crippen molar-refractivity contribution in [1.82, 2.24) is 9.55 Å². The number of hydrogen-bond acceptors (Lipinski definition) is 7. The van der Waals surface area contributed by atoms with Crippen molar-refractivity contribution in [1.29, 1.82) is 0 Å². The van der Waals surface area contributed by atoms with Gasteiger partial charge in [-0.05, 0) is 24.3 Å². The Hall–Kier alpha value is -3.79. The average Bonchev–Trinajstić information content (AvgIpc) is 3.22. The zero-order valence-corrected chi connectivity index (χ0v) is 14.9. The first-order chi connectivity index (χ1) is 14.0. The third-order valence-corrected chi connectivity index (χ3v) is 4.29. The van der Waals surface area contributed by atoms with Gasteiger partial charge in [0.2, 0.25) is 0 Å². The predicted octanol–water partition coefficient (Wildman–Crippen LogP) is 3.14. The Kier molecular flexibility index (Phi) is 4.92. The number of non-ortho nitro benzene ring substituents is 1. The smallest absolute Gasteiger partial charge is 0.357 e. The molecule has 9 nitrogen and oxygen atoms in total. The summed E-state index contributed by atoms with van der Waals surface area (Å²) in [5.74, 6) is -0.696. The zero-order valence-electron chi connectivity index (χ0n) is 14.9. The van der Waals surface area contributed by atoms with Gasteiger partial charge in [0.15, 0.2) is 12.5 Å². The van der Waals surface area contributed by atoms with Crippen molar-refractivity contribution in [3.63, 3.8) is 0 Å². The summed E-state index contributed by atoms with van der Waals surface area (Å²) in [4.78, 5) is 27.1. The summed E-state index contributed by atoms with van der Waals surface area (Å²) in [5.41, 5.74) is 1.37. The van der Waals surface area contributed by atoms with Gasteiger partial charge in [-0.25, -0.2) is 14.2 Å². The van der Waals surface area contributed by atoms with Crippen molar-refractivity contribution < 1.29 is 28.3 Å². The lowest BCUT2D eigenvalue weighted by Gasteiger charge is -2.20. The maximum absolute atomic E-state index is 13.1. The second kappa shape index (κ2) is 7.68. The van der Waals surface area contributed by atoms with E-state index in [1.807, 2.05) is 0 Å². The lowest BCUT2D eigenvalue weighted by Crippen LogP contribution is -2.15. The zero-order chi connectivity index (χ0) is 20.4. The Balaban J connectivity index is 1.57. The molecule has 0 atom stereocenters. The fourth-order valence-corrected chi connectivity index (χ4v) is 2.96. The van der Waals surface area contributed by atoms with Crippen molar-refractivity contribution >= 4 is 11.7 Å². The predicted molar refractivity (Wildman–Crippen MR) is 96.0 cm³/mol. The number of carbonyl (C=O) groups excluding carboxylic acids is 1. The molecule has 1 aliphatic heterocycles. The molecule has 148 valence electrons. The van der Waals surface area contributed by atoms with E-state index in [9.17, 15) is 19.3 Å². The number of carbonyl (C=O) groups is 1. The Morgan fingerprint density at radius 3 is 2.86 bits per heavy atom. The van der Waals surface area contributed by atoms with Crippen LogP contribution < -0.4 is 4.74 Å². The molecule has 1 aromatic heterocycles. The molecule has 1 aliphatic rings. The highest BCUT2D eigenvalue weighted by Crippen LogP contribution is 2.33. The van der Waals surface area contributed by atoms with Crippen LogP contribution in [-0.4, -0.2) is 27.2 Å². The number of rotatable bonds is 5. The summed E-state index contributed by atoms with van der Waals surface area (Å²) >= 11 is 0. The summed E-state index contributed by atoms with van der Waals surface area (Å²) in [6, 6.07) is 8.19. The first-order valence-electron chi connectivity index (χ1n) is 8.49. The number of nitro groups is 1. The molecule has 0 saturated carbocycles. The molecule has 0 bridgehead atoms. The van der Waals surface area contributed by atoms with Gasteiger partial charge in [0, 0.05) is 28.9 Å². The molecule has 0 amide bonds. The van der Waals surface area contributed by atoms with Crippen LogP contribution in [0.25, 0.3) is 5.69 Å². The molecule has 4 rings (SSSR count). The minimum atomic E-state index is -0.695. The fourth-order valence-electron chi connectivity index (χ4n) is 2.96. The van der Waals surface area contributed by atoms with Crippen LogP contribution in [0.1, 0.15) is 21.6 Å². The highest BCUT2D eigenvalue weighted by molar-refractivity contribution is 5.88. The number of aromatic nitrogens is 2. The number of halogens is 1. The number of nitro benzene ring substituents is 1. The van der Waals surface area contributed by atoms with E-state index < -0.39 is 16.7 Å². The molecule has 10 heteroatoms. The van der Waals surface area contributed by atoms with Gasteiger partial charge in [0.25, 0.3) is 5.69 Å². The van der Waals surface area contributed by atoms with Gasteiger partial charge in [-0.1, -0.05) is 0 Å². The number of esters is 1. The summed E-state index contributed by atoms with van der Waals surface area (Å²) in [6.07, 6.45) is 2.72. The second-order valence-corrected chi connectivity index (χ2v) is 6.16. The quantitative estimate of drug-likeness (QED) is 0.369. The Labute approximate surface area is 163 Å². The van der Waals surface area contributed by atoms with Crippen molar-refractivity contribution in [2.24, 2.45) is 0 Å². The number of imidazole rings is 1. The molecule has 0 unspecified atom stereocenters. The standard InChI is InChI=1S/C19H14FN3O6/c20-14-1-3-15(4-2-14)22-10-21-7-17(22)19(24)28-9-13-6-16(23(25)26)5-12-8-27-11-29-18(12)13/h1-7,10H,8-9,11H2. The normalized spacial score (nSPS) is 12.7. The molecule has 3 aromatic rings. The van der Waals surface area contributed by atoms with Crippen molar-refractivity contribution in [2.45, 2.75) is 13.2 Å². The van der Waals surface area contributed by atoms with E-state index in [4.69, 9.17) is 14.2 Å². The van der Waals surface area contributed by atoms with Gasteiger partial charge in [-0.2, -0.15) is 0 Å². The van der Waals surface area contributed by atoms with Gasteiger partial charge >= 0.3 is 5.97 Å². The molecule has 2 heterocycles. The minimum absolute atomic E-state index is 0.00307. The van der Waals surface area contributed by atoms with E-state index in [0.717, 1.165) is 0 Å². The van der Waals surface area contributed by atoms with Crippen LogP contribution in [0.4, 0.5) is 10.1 Å². The molecule has 0 N–H and O–H groups in total. The third kappa shape index (κ3) is 3.78. The van der Waals surface area contributed by atoms with E-state index in [0.29, 0.717) is 22.6 Å². The highest BCUT2D eigenvalue weighted by Gasteiger charge is 2.23. The van der Waals surface area contributed by atoms with Gasteiger partial charge in [-0.3, -0.25) is 14.7 Å². The van der Waals surface area contributed by atoms with E-state index in [1.54, 1.807) is 0 Å². The first-order valence-corrected chi connectivity index (χ1v) is 8.49. The number of ether oxygens (including phenoxy) is 3. The SMILES string of the molecule is O=C(OCc1cc([N+](=O)[O-])cc2c1OCOC2)c1cncn1-c1ccc(F)cc1. The average molecular weight is 399 g/mol. The number of hydrogen-bond donors (Lipinski definition) is 0. The topological polar surface area (TPSA) is 106 Å². The molecule has 0 fully saturated rings. The summed E-state index contributed by atoms with van der Waals surface area (Å²) in [6.45, 7) is -0.0736. The largest absolute Gasteiger partial charge is 0.467 e. The number of fused-ring (bicyclic) bond motifs is 1. The van der Waals surface area contributed by atoms with Gasteiger partial charge in [-0.15, -0.1) is 0 Å². The molecule has 0 saturated heterocycles. The molecule has 0 aliphatic carbocycles. The monoisotopic (exact) mass is 399 g/mol. The van der Waals surface area contributed by atoms with E-state index in [1.165, 1.54) is 53.5 Å². The maximum Gasteiger partial charge on any atom is 0.357 e. The number of benzene rings is 2. The van der Waals surface area contributed by atoms with Gasteiger partial charge in [0.1, 0.15) is 18.2 Å². The molecule has 29 heavy (non-hydrogen) atoms. The Morgan fingerprint density at radius 2 is 2.10 bits per heavy atom. The van der Waals surface area contributed by atoms with Crippen molar-refractivity contribution in [2.75, 3.05) is 6.79 Å². The molecular weight excluding hydrogens is 385 g/mol. The van der Waals surface area contributed by atoms with Crippen LogP contribution >= 0.6 is 0 Å². The van der Waals surface area contributed by atoms with E-state index in [-0.39, 0.29) is 31.4 Å². The highest BCUT2D eigenvalue weighted by atomic mass is 19.1. The van der Waals surface area contributed by atoms with E-state index in [2.05, 4.69) is 4.98 Å². The Bertz CT molecular complexity index is 1080. The molecular formula is C19H14FN3O6. The van der Waals surface area contributed by atoms with Crippen LogP contribution in [-0.2, 0) is 22.7 Å². The molecule has 2 aromatic carbocycles. The molecule has 0 radical (unpaired) electrons. The Morgan fingerprint density at radius 1 is 1.31 bits per heavy atom. The fraction of sp³-hybridized carbons (Fsp3) is 0.158. The van der Waals surface area contributed by atoms with Crippen LogP contribution in [0.5, 0.6) is 5.75 Å². The second-order valence-electron chi connectivity index (χ2n) is 6.16. The molecule has 0 spiro atoms. The number of nitrogens with zero attached hydrogens (tertiary/aromatic N) is 3. The van der Waals surface area contributed by atoms with Crippen LogP contribution in [0, 0.1) is 15.9 Å². The first kappa shape index (κ1) is 18.6. The summed E-state index contributed by atoms with van der Waals surface area (Å²) in [5, 5.41) is 11.2. The lowest BCUT2D eigenvalue weighted by molar-refractivity contribution is -0.385. The summed E-state index contributed by atoms with van der Waals surface area (Å²) < 4.78 is 30.5. The minimum Gasteiger partial charge on any atom is -0.467 e. The van der Waals surface area contributed by atoms with Crippen LogP contribution in [0.2, 0.25) is 0 Å². The third-order valence-electron chi connectivity index (χ3n) is 4.29. The lowest BCUT2D eigenvalue weighted by atomic mass is 10.1. The van der Waals surface area contributed by atoms with Crippen LogP contribution in [0.15, 0.2) is 48.9 Å². The van der Waals surface area contributed by atoms with Gasteiger partial charge < -0.3 is 14.2 Å². The van der Waals surface area contributed by atoms with Crippen molar-refractivity contribution in [3.05, 3.63) is 81.7 Å². The summed E-state index contributed by atoms with van der Waals surface area (Å²) in [7, 11) is 0. The van der Waals surface area contributed by atoms with E-state index >= 15 is 0 Å². The van der Waals surface area contributed by atoms with Crippen molar-refractivity contribution in [3.8, 4) is 11.4 Å². The van der Waals surface area contributed by atoms with Crippen LogP contribution in [0.3, 0.4) is 0 Å². The maximum atomic E-state index is 13.1. The van der Waals surface area contributed by atoms with Gasteiger partial charge in [0.05, 0.1) is 24.1 Å².